The van der Waals surface area contributed by atoms with E-state index in [1.807, 2.05) is 13.0 Å². The van der Waals surface area contributed by atoms with E-state index in [2.05, 4.69) is 23.1 Å². The summed E-state index contributed by atoms with van der Waals surface area (Å²) in [7, 11) is 0. The lowest BCUT2D eigenvalue weighted by Crippen LogP contribution is -2.24. The zero-order valence-electron chi connectivity index (χ0n) is 9.61. The highest BCUT2D eigenvalue weighted by Gasteiger charge is 2.18. The predicted octanol–water partition coefficient (Wildman–Crippen LogP) is 2.00. The van der Waals surface area contributed by atoms with E-state index in [4.69, 9.17) is 4.74 Å². The summed E-state index contributed by atoms with van der Waals surface area (Å²) in [4.78, 5) is 13.5. The first kappa shape index (κ1) is 11.0. The number of hydrogen-bond acceptors (Lipinski definition) is 3. The number of hydrogen-bond donors (Lipinski definition) is 0. The zero-order valence-corrected chi connectivity index (χ0v) is 9.61. The van der Waals surface area contributed by atoms with Gasteiger partial charge in [-0.15, -0.1) is 0 Å². The summed E-state index contributed by atoms with van der Waals surface area (Å²) in [6.07, 6.45) is 1.56. The first-order valence-electron chi connectivity index (χ1n) is 5.79. The Labute approximate surface area is 96.0 Å². The van der Waals surface area contributed by atoms with E-state index >= 15 is 0 Å². The second kappa shape index (κ2) is 5.01. The normalized spacial score (nSPS) is 13.7. The second-order valence-electron chi connectivity index (χ2n) is 3.92. The van der Waals surface area contributed by atoms with Gasteiger partial charge in [0.2, 0.25) is 0 Å². The molecule has 1 aliphatic rings. The molecule has 0 N–H and O–H groups in total. The first-order valence-corrected chi connectivity index (χ1v) is 5.79. The lowest BCUT2D eigenvalue weighted by Gasteiger charge is -2.18. The lowest BCUT2D eigenvalue weighted by atomic mass is 10.2. The average molecular weight is 219 g/mol. The Morgan fingerprint density at radius 2 is 2.25 bits per heavy atom. The number of benzene rings is 1. The van der Waals surface area contributed by atoms with Gasteiger partial charge in [0.1, 0.15) is 0 Å². The van der Waals surface area contributed by atoms with Crippen molar-refractivity contribution in [2.24, 2.45) is 0 Å². The van der Waals surface area contributed by atoms with Gasteiger partial charge in [-0.3, -0.25) is 4.79 Å². The highest BCUT2D eigenvalue weighted by atomic mass is 16.5. The third-order valence-electron chi connectivity index (χ3n) is 2.87. The number of ether oxygens (including phenoxy) is 1. The van der Waals surface area contributed by atoms with Gasteiger partial charge in [-0.25, -0.2) is 0 Å². The van der Waals surface area contributed by atoms with E-state index in [0.717, 1.165) is 19.5 Å². The second-order valence-corrected chi connectivity index (χ2v) is 3.92. The van der Waals surface area contributed by atoms with Crippen LogP contribution in [0.2, 0.25) is 0 Å². The van der Waals surface area contributed by atoms with E-state index in [-0.39, 0.29) is 5.97 Å². The molecule has 0 bridgehead atoms. The van der Waals surface area contributed by atoms with Crippen LogP contribution in [0.5, 0.6) is 0 Å². The van der Waals surface area contributed by atoms with Gasteiger partial charge in [0, 0.05) is 18.8 Å². The van der Waals surface area contributed by atoms with E-state index in [9.17, 15) is 4.79 Å². The molecule has 0 fully saturated rings. The van der Waals surface area contributed by atoms with Gasteiger partial charge >= 0.3 is 5.97 Å². The molecule has 0 unspecified atom stereocenters. The molecule has 0 radical (unpaired) electrons. The van der Waals surface area contributed by atoms with Gasteiger partial charge < -0.3 is 9.64 Å². The Bertz CT molecular complexity index is 376. The van der Waals surface area contributed by atoms with Crippen LogP contribution in [-0.4, -0.2) is 25.7 Å². The maximum absolute atomic E-state index is 11.3. The van der Waals surface area contributed by atoms with Crippen molar-refractivity contribution >= 4 is 11.7 Å². The van der Waals surface area contributed by atoms with Crippen molar-refractivity contribution in [3.05, 3.63) is 29.8 Å². The molecule has 0 saturated heterocycles. The molecule has 0 saturated carbocycles. The number of para-hydroxylation sites is 1. The molecule has 0 aliphatic carbocycles. The monoisotopic (exact) mass is 219 g/mol. The molecule has 1 aliphatic heterocycles. The number of rotatable bonds is 4. The van der Waals surface area contributed by atoms with Gasteiger partial charge in [0.25, 0.3) is 0 Å². The molecule has 3 heteroatoms. The average Bonchev–Trinajstić information content (AvgIpc) is 2.70. The van der Waals surface area contributed by atoms with Crippen molar-refractivity contribution in [2.75, 3.05) is 24.6 Å². The van der Waals surface area contributed by atoms with Gasteiger partial charge in [-0.1, -0.05) is 18.2 Å². The van der Waals surface area contributed by atoms with E-state index in [1.165, 1.54) is 11.3 Å². The maximum Gasteiger partial charge on any atom is 0.307 e. The maximum atomic E-state index is 11.3. The Balaban J connectivity index is 1.91. The zero-order chi connectivity index (χ0) is 11.4. The summed E-state index contributed by atoms with van der Waals surface area (Å²) in [5.74, 6) is -0.105. The summed E-state index contributed by atoms with van der Waals surface area (Å²) in [5, 5.41) is 0. The Kier molecular flexibility index (Phi) is 3.44. The van der Waals surface area contributed by atoms with Gasteiger partial charge in [0.05, 0.1) is 13.0 Å². The molecule has 1 heterocycles. The largest absolute Gasteiger partial charge is 0.466 e. The molecule has 1 aromatic carbocycles. The van der Waals surface area contributed by atoms with Crippen molar-refractivity contribution in [2.45, 2.75) is 19.8 Å². The molecule has 86 valence electrons. The highest BCUT2D eigenvalue weighted by Crippen LogP contribution is 2.27. The summed E-state index contributed by atoms with van der Waals surface area (Å²) in [5.41, 5.74) is 2.65. The summed E-state index contributed by atoms with van der Waals surface area (Å²) in [6.45, 7) is 4.08. The predicted molar refractivity (Wildman–Crippen MR) is 63.6 cm³/mol. The van der Waals surface area contributed by atoms with Crippen molar-refractivity contribution in [1.82, 2.24) is 0 Å². The SMILES string of the molecule is CCOC(=O)CCN1CCc2ccccc21. The third kappa shape index (κ3) is 2.35. The molecule has 0 aromatic heterocycles. The molecular weight excluding hydrogens is 202 g/mol. The highest BCUT2D eigenvalue weighted by molar-refractivity contribution is 5.70. The van der Waals surface area contributed by atoms with Crippen LogP contribution in [0.15, 0.2) is 24.3 Å². The number of anilines is 1. The van der Waals surface area contributed by atoms with E-state index in [1.54, 1.807) is 0 Å². The fourth-order valence-electron chi connectivity index (χ4n) is 2.10. The van der Waals surface area contributed by atoms with Crippen molar-refractivity contribution in [3.8, 4) is 0 Å². The number of nitrogens with zero attached hydrogens (tertiary/aromatic N) is 1. The van der Waals surface area contributed by atoms with Crippen LogP contribution in [0.4, 0.5) is 5.69 Å². The quantitative estimate of drug-likeness (QED) is 0.725. The van der Waals surface area contributed by atoms with Crippen LogP contribution in [0.1, 0.15) is 18.9 Å². The smallest absolute Gasteiger partial charge is 0.307 e. The molecule has 16 heavy (non-hydrogen) atoms. The molecule has 0 spiro atoms. The summed E-state index contributed by atoms with van der Waals surface area (Å²) in [6, 6.07) is 8.38. The number of carbonyl (C=O) groups excluding carboxylic acids is 1. The minimum absolute atomic E-state index is 0.105. The fraction of sp³-hybridized carbons (Fsp3) is 0.462. The van der Waals surface area contributed by atoms with Crippen LogP contribution in [0, 0.1) is 0 Å². The molecule has 3 nitrogen and oxygen atoms in total. The molecule has 0 amide bonds. The molecule has 2 rings (SSSR count). The van der Waals surface area contributed by atoms with Crippen LogP contribution in [-0.2, 0) is 16.0 Å². The van der Waals surface area contributed by atoms with Crippen LogP contribution in [0.25, 0.3) is 0 Å². The first-order chi connectivity index (χ1) is 7.81. The molecule has 0 atom stereocenters. The lowest BCUT2D eigenvalue weighted by molar-refractivity contribution is -0.142. The van der Waals surface area contributed by atoms with E-state index in [0.29, 0.717) is 13.0 Å². The third-order valence-corrected chi connectivity index (χ3v) is 2.87. The Hall–Kier alpha value is -1.51. The van der Waals surface area contributed by atoms with Crippen LogP contribution in [0.3, 0.4) is 0 Å². The molecule has 1 aromatic rings. The topological polar surface area (TPSA) is 29.5 Å². The Morgan fingerprint density at radius 1 is 1.44 bits per heavy atom. The van der Waals surface area contributed by atoms with Crippen molar-refractivity contribution in [1.29, 1.82) is 0 Å². The number of fused-ring (bicyclic) bond motifs is 1. The van der Waals surface area contributed by atoms with Crippen LogP contribution >= 0.6 is 0 Å². The fourth-order valence-corrected chi connectivity index (χ4v) is 2.10. The summed E-state index contributed by atoms with van der Waals surface area (Å²) < 4.78 is 4.92. The summed E-state index contributed by atoms with van der Waals surface area (Å²) >= 11 is 0. The number of esters is 1. The van der Waals surface area contributed by atoms with Crippen molar-refractivity contribution < 1.29 is 9.53 Å². The van der Waals surface area contributed by atoms with E-state index < -0.39 is 0 Å². The Morgan fingerprint density at radius 3 is 3.06 bits per heavy atom. The minimum Gasteiger partial charge on any atom is -0.466 e. The minimum atomic E-state index is -0.105. The van der Waals surface area contributed by atoms with Gasteiger partial charge in [-0.05, 0) is 25.0 Å². The number of carbonyl (C=O) groups is 1. The molecular formula is C13H17NO2. The van der Waals surface area contributed by atoms with Gasteiger partial charge in [0.15, 0.2) is 0 Å². The standard InChI is InChI=1S/C13H17NO2/c1-2-16-13(15)8-10-14-9-7-11-5-3-4-6-12(11)14/h3-6H,2,7-10H2,1H3. The van der Waals surface area contributed by atoms with Gasteiger partial charge in [-0.2, -0.15) is 0 Å². The van der Waals surface area contributed by atoms with Crippen molar-refractivity contribution in [3.63, 3.8) is 0 Å². The van der Waals surface area contributed by atoms with Crippen LogP contribution < -0.4 is 4.90 Å².